The second-order valence-corrected chi connectivity index (χ2v) is 6.27. The van der Waals surface area contributed by atoms with Crippen LogP contribution >= 0.6 is 11.6 Å². The summed E-state index contributed by atoms with van der Waals surface area (Å²) in [5.41, 5.74) is 2.13. The van der Waals surface area contributed by atoms with E-state index in [-0.39, 0.29) is 17.7 Å². The van der Waals surface area contributed by atoms with Crippen LogP contribution in [-0.4, -0.2) is 23.3 Å². The summed E-state index contributed by atoms with van der Waals surface area (Å²) in [7, 11) is 0. The summed E-state index contributed by atoms with van der Waals surface area (Å²) in [5, 5.41) is 0.659. The lowest BCUT2D eigenvalue weighted by Crippen LogP contribution is -2.43. The highest BCUT2D eigenvalue weighted by molar-refractivity contribution is 6.30. The molecule has 0 aliphatic carbocycles. The minimum Gasteiger partial charge on any atom is -0.282 e. The third kappa shape index (κ3) is 3.80. The Morgan fingerprint density at radius 2 is 1.52 bits per heavy atom. The van der Waals surface area contributed by atoms with Crippen molar-refractivity contribution in [3.63, 3.8) is 0 Å². The molecule has 0 radical (unpaired) electrons. The predicted octanol–water partition coefficient (Wildman–Crippen LogP) is 3.82. The molecule has 0 unspecified atom stereocenters. The van der Waals surface area contributed by atoms with Crippen LogP contribution < -0.4 is 0 Å². The van der Waals surface area contributed by atoms with Gasteiger partial charge in [-0.2, -0.15) is 0 Å². The molecule has 0 aromatic heterocycles. The topological polar surface area (TPSA) is 37.4 Å². The number of hydrogen-bond acceptors (Lipinski definition) is 2. The van der Waals surface area contributed by atoms with Crippen LogP contribution in [0.15, 0.2) is 54.6 Å². The molecule has 1 fully saturated rings. The molecule has 1 aliphatic rings. The number of piperidine rings is 1. The predicted molar refractivity (Wildman–Crippen MR) is 90.3 cm³/mol. The van der Waals surface area contributed by atoms with Crippen molar-refractivity contribution in [2.24, 2.45) is 0 Å². The van der Waals surface area contributed by atoms with E-state index in [2.05, 4.69) is 0 Å². The van der Waals surface area contributed by atoms with Gasteiger partial charge in [-0.15, -0.1) is 0 Å². The van der Waals surface area contributed by atoms with Crippen molar-refractivity contribution in [1.82, 2.24) is 4.90 Å². The molecular weight excluding hydrogens is 310 g/mol. The Labute approximate surface area is 140 Å². The first-order chi connectivity index (χ1) is 11.1. The SMILES string of the molecule is O=C1CC(c2ccc(Cl)cc2)CC(=O)N1CCc1ccccc1. The van der Waals surface area contributed by atoms with Gasteiger partial charge in [0.2, 0.25) is 11.8 Å². The van der Waals surface area contributed by atoms with E-state index in [9.17, 15) is 9.59 Å². The Bertz CT molecular complexity index is 679. The van der Waals surface area contributed by atoms with Crippen LogP contribution in [0.25, 0.3) is 0 Å². The molecule has 2 aromatic carbocycles. The third-order valence-electron chi connectivity index (χ3n) is 4.25. The summed E-state index contributed by atoms with van der Waals surface area (Å²) >= 11 is 5.89. The van der Waals surface area contributed by atoms with E-state index in [0.29, 0.717) is 30.8 Å². The number of rotatable bonds is 4. The van der Waals surface area contributed by atoms with Crippen LogP contribution in [-0.2, 0) is 16.0 Å². The molecule has 3 nitrogen and oxygen atoms in total. The highest BCUT2D eigenvalue weighted by atomic mass is 35.5. The first kappa shape index (κ1) is 15.8. The lowest BCUT2D eigenvalue weighted by molar-refractivity contribution is -0.148. The lowest BCUT2D eigenvalue weighted by Gasteiger charge is -2.30. The maximum Gasteiger partial charge on any atom is 0.229 e. The second kappa shape index (κ2) is 6.97. The van der Waals surface area contributed by atoms with E-state index in [1.807, 2.05) is 42.5 Å². The summed E-state index contributed by atoms with van der Waals surface area (Å²) in [5.74, 6) is -0.213. The summed E-state index contributed by atoms with van der Waals surface area (Å²) in [6.07, 6.45) is 1.45. The molecule has 0 saturated carbocycles. The zero-order valence-corrected chi connectivity index (χ0v) is 13.5. The van der Waals surface area contributed by atoms with Gasteiger partial charge >= 0.3 is 0 Å². The average molecular weight is 328 g/mol. The van der Waals surface area contributed by atoms with Crippen LogP contribution in [0, 0.1) is 0 Å². The standard InChI is InChI=1S/C19H18ClNO2/c20-17-8-6-15(7-9-17)16-12-18(22)21(19(23)13-16)11-10-14-4-2-1-3-5-14/h1-9,16H,10-13H2. The highest BCUT2D eigenvalue weighted by Crippen LogP contribution is 2.30. The number of halogens is 1. The Morgan fingerprint density at radius 3 is 2.13 bits per heavy atom. The number of carbonyl (C=O) groups excluding carboxylic acids is 2. The fourth-order valence-corrected chi connectivity index (χ4v) is 3.08. The van der Waals surface area contributed by atoms with Crippen molar-refractivity contribution in [3.8, 4) is 0 Å². The Morgan fingerprint density at radius 1 is 0.913 bits per heavy atom. The molecule has 2 aromatic rings. The molecule has 2 amide bonds. The van der Waals surface area contributed by atoms with E-state index in [0.717, 1.165) is 11.1 Å². The molecule has 23 heavy (non-hydrogen) atoms. The number of carbonyl (C=O) groups is 2. The van der Waals surface area contributed by atoms with Crippen molar-refractivity contribution < 1.29 is 9.59 Å². The van der Waals surface area contributed by atoms with Gasteiger partial charge in [0, 0.05) is 30.3 Å². The van der Waals surface area contributed by atoms with Gasteiger partial charge in [-0.1, -0.05) is 54.1 Å². The fraction of sp³-hybridized carbons (Fsp3) is 0.263. The first-order valence-corrected chi connectivity index (χ1v) is 8.14. The molecule has 0 atom stereocenters. The van der Waals surface area contributed by atoms with Gasteiger partial charge in [-0.25, -0.2) is 0 Å². The largest absolute Gasteiger partial charge is 0.282 e. The van der Waals surface area contributed by atoms with Crippen LogP contribution in [0.2, 0.25) is 5.02 Å². The first-order valence-electron chi connectivity index (χ1n) is 7.76. The van der Waals surface area contributed by atoms with Crippen molar-refractivity contribution in [1.29, 1.82) is 0 Å². The van der Waals surface area contributed by atoms with Crippen LogP contribution in [0.4, 0.5) is 0 Å². The lowest BCUT2D eigenvalue weighted by atomic mass is 9.88. The van der Waals surface area contributed by atoms with Crippen molar-refractivity contribution in [2.45, 2.75) is 25.2 Å². The minimum atomic E-state index is -0.0860. The second-order valence-electron chi connectivity index (χ2n) is 5.83. The average Bonchev–Trinajstić information content (AvgIpc) is 2.55. The Hall–Kier alpha value is -2.13. The smallest absolute Gasteiger partial charge is 0.229 e. The van der Waals surface area contributed by atoms with Gasteiger partial charge in [0.05, 0.1) is 0 Å². The van der Waals surface area contributed by atoms with E-state index < -0.39 is 0 Å². The number of likely N-dealkylation sites (tertiary alicyclic amines) is 1. The maximum atomic E-state index is 12.4. The highest BCUT2D eigenvalue weighted by Gasteiger charge is 2.32. The van der Waals surface area contributed by atoms with E-state index in [4.69, 9.17) is 11.6 Å². The van der Waals surface area contributed by atoms with Crippen molar-refractivity contribution in [3.05, 3.63) is 70.7 Å². The van der Waals surface area contributed by atoms with E-state index >= 15 is 0 Å². The van der Waals surface area contributed by atoms with E-state index in [1.54, 1.807) is 12.1 Å². The molecule has 1 heterocycles. The molecule has 4 heteroatoms. The monoisotopic (exact) mass is 327 g/mol. The summed E-state index contributed by atoms with van der Waals surface area (Å²) in [4.78, 5) is 26.1. The maximum absolute atomic E-state index is 12.4. The molecule has 118 valence electrons. The van der Waals surface area contributed by atoms with E-state index in [1.165, 1.54) is 4.90 Å². The van der Waals surface area contributed by atoms with Crippen molar-refractivity contribution in [2.75, 3.05) is 6.54 Å². The summed E-state index contributed by atoms with van der Waals surface area (Å²) in [6, 6.07) is 17.3. The number of nitrogens with zero attached hydrogens (tertiary/aromatic N) is 1. The zero-order valence-electron chi connectivity index (χ0n) is 12.7. The fourth-order valence-electron chi connectivity index (χ4n) is 2.96. The summed E-state index contributed by atoms with van der Waals surface area (Å²) in [6.45, 7) is 0.453. The van der Waals surface area contributed by atoms with Gasteiger partial charge in [-0.05, 0) is 29.7 Å². The molecule has 1 aliphatic heterocycles. The number of imide groups is 1. The van der Waals surface area contributed by atoms with Gasteiger partial charge in [0.25, 0.3) is 0 Å². The van der Waals surface area contributed by atoms with Gasteiger partial charge < -0.3 is 0 Å². The van der Waals surface area contributed by atoms with Crippen LogP contribution in [0.1, 0.15) is 29.9 Å². The van der Waals surface area contributed by atoms with Crippen LogP contribution in [0.5, 0.6) is 0 Å². The molecule has 1 saturated heterocycles. The summed E-state index contributed by atoms with van der Waals surface area (Å²) < 4.78 is 0. The number of benzene rings is 2. The Balaban J connectivity index is 1.64. The zero-order chi connectivity index (χ0) is 16.2. The minimum absolute atomic E-state index is 0.0414. The van der Waals surface area contributed by atoms with Gasteiger partial charge in [0.15, 0.2) is 0 Å². The van der Waals surface area contributed by atoms with Crippen molar-refractivity contribution >= 4 is 23.4 Å². The number of amides is 2. The van der Waals surface area contributed by atoms with Gasteiger partial charge in [0.1, 0.15) is 0 Å². The number of hydrogen-bond donors (Lipinski definition) is 0. The third-order valence-corrected chi connectivity index (χ3v) is 4.50. The molecular formula is C19H18ClNO2. The molecule has 0 bridgehead atoms. The Kier molecular flexibility index (Phi) is 4.77. The van der Waals surface area contributed by atoms with Crippen LogP contribution in [0.3, 0.4) is 0 Å². The molecule has 0 spiro atoms. The van der Waals surface area contributed by atoms with Gasteiger partial charge in [-0.3, -0.25) is 14.5 Å². The molecule has 3 rings (SSSR count). The molecule has 0 N–H and O–H groups in total. The quantitative estimate of drug-likeness (QED) is 0.801. The normalized spacial score (nSPS) is 16.0.